The van der Waals surface area contributed by atoms with Gasteiger partial charge in [0, 0.05) is 28.3 Å². The molecule has 1 aromatic heterocycles. The fourth-order valence-electron chi connectivity index (χ4n) is 1.72. The van der Waals surface area contributed by atoms with E-state index < -0.39 is 16.8 Å². The molecule has 0 spiro atoms. The number of ether oxygens (including phenoxy) is 1. The molecule has 0 amide bonds. The number of hydrogen-bond acceptors (Lipinski definition) is 5. The summed E-state index contributed by atoms with van der Waals surface area (Å²) in [5.74, 6) is 0.561. The Morgan fingerprint density at radius 3 is 3.06 bits per heavy atom. The van der Waals surface area contributed by atoms with Crippen LogP contribution in [0.1, 0.15) is 11.6 Å². The van der Waals surface area contributed by atoms with Gasteiger partial charge in [0.2, 0.25) is 0 Å². The zero-order valence-electron chi connectivity index (χ0n) is 8.84. The first-order valence-electron chi connectivity index (χ1n) is 4.91. The lowest BCUT2D eigenvalue weighted by atomic mass is 10.1. The van der Waals surface area contributed by atoms with Crippen LogP contribution in [0.2, 0.25) is 0 Å². The summed E-state index contributed by atoms with van der Waals surface area (Å²) in [5.41, 5.74) is 1.09. The quantitative estimate of drug-likeness (QED) is 0.794. The molecule has 0 saturated carbocycles. The Morgan fingerprint density at radius 1 is 1.62 bits per heavy atom. The zero-order chi connectivity index (χ0) is 11.5. The number of nitrogens with one attached hydrogen (secondary N) is 1. The van der Waals surface area contributed by atoms with Gasteiger partial charge in [-0.1, -0.05) is 0 Å². The zero-order valence-corrected chi connectivity index (χ0v) is 10.5. The van der Waals surface area contributed by atoms with Gasteiger partial charge in [-0.15, -0.1) is 0 Å². The monoisotopic (exact) mass is 259 g/mol. The van der Waals surface area contributed by atoms with Crippen LogP contribution in [0.3, 0.4) is 0 Å². The Morgan fingerprint density at radius 2 is 2.44 bits per heavy atom. The highest BCUT2D eigenvalue weighted by molar-refractivity contribution is 7.85. The summed E-state index contributed by atoms with van der Waals surface area (Å²) in [4.78, 5) is 11.4. The highest BCUT2D eigenvalue weighted by atomic mass is 32.2. The van der Waals surface area contributed by atoms with Crippen molar-refractivity contribution in [1.29, 1.82) is 0 Å². The van der Waals surface area contributed by atoms with Crippen molar-refractivity contribution in [2.75, 3.05) is 18.6 Å². The van der Waals surface area contributed by atoms with Crippen molar-refractivity contribution < 1.29 is 13.7 Å². The normalized spacial score (nSPS) is 29.9. The van der Waals surface area contributed by atoms with Gasteiger partial charge in [0.1, 0.15) is 6.04 Å². The molecule has 3 atom stereocenters. The van der Waals surface area contributed by atoms with Gasteiger partial charge < -0.3 is 4.74 Å². The minimum Gasteiger partial charge on any atom is -0.468 e. The van der Waals surface area contributed by atoms with E-state index in [0.717, 1.165) is 5.56 Å². The fourth-order valence-corrected chi connectivity index (χ4v) is 3.84. The van der Waals surface area contributed by atoms with Crippen molar-refractivity contribution in [1.82, 2.24) is 5.32 Å². The first-order chi connectivity index (χ1) is 7.70. The van der Waals surface area contributed by atoms with E-state index in [9.17, 15) is 9.00 Å². The second-order valence-corrected chi connectivity index (χ2v) is 5.95. The van der Waals surface area contributed by atoms with Crippen LogP contribution in [-0.4, -0.2) is 34.8 Å². The summed E-state index contributed by atoms with van der Waals surface area (Å²) in [6.45, 7) is 0. The summed E-state index contributed by atoms with van der Waals surface area (Å²) in [6, 6.07) is 1.52. The molecule has 16 heavy (non-hydrogen) atoms. The lowest BCUT2D eigenvalue weighted by Crippen LogP contribution is -2.49. The van der Waals surface area contributed by atoms with E-state index in [4.69, 9.17) is 0 Å². The van der Waals surface area contributed by atoms with Crippen LogP contribution in [0.4, 0.5) is 0 Å². The van der Waals surface area contributed by atoms with Crippen LogP contribution in [0, 0.1) is 0 Å². The van der Waals surface area contributed by atoms with Gasteiger partial charge in [0.15, 0.2) is 0 Å². The lowest BCUT2D eigenvalue weighted by Gasteiger charge is -2.28. The molecule has 2 heterocycles. The molecule has 1 aliphatic rings. The van der Waals surface area contributed by atoms with Gasteiger partial charge in [-0.3, -0.25) is 14.3 Å². The standard InChI is InChI=1S/C10H13NO3S2/c1-14-10(12)9-6-16(13)5-8(11-9)7-2-3-15-4-7/h2-4,8-9,11H,5-6H2,1H3. The molecule has 1 fully saturated rings. The summed E-state index contributed by atoms with van der Waals surface area (Å²) in [7, 11) is 0.383. The fraction of sp³-hybridized carbons (Fsp3) is 0.500. The maximum Gasteiger partial charge on any atom is 0.323 e. The van der Waals surface area contributed by atoms with Gasteiger partial charge in [0.25, 0.3) is 0 Å². The Bertz CT molecular complexity index is 391. The summed E-state index contributed by atoms with van der Waals surface area (Å²) < 4.78 is 16.3. The second-order valence-electron chi connectivity index (χ2n) is 3.62. The molecule has 0 bridgehead atoms. The predicted octanol–water partition coefficient (Wildman–Crippen LogP) is 0.683. The maximum absolute atomic E-state index is 11.7. The minimum atomic E-state index is -0.966. The first-order valence-corrected chi connectivity index (χ1v) is 7.34. The van der Waals surface area contributed by atoms with Crippen LogP contribution >= 0.6 is 11.3 Å². The predicted molar refractivity (Wildman–Crippen MR) is 63.9 cm³/mol. The molecule has 0 radical (unpaired) electrons. The Kier molecular flexibility index (Phi) is 3.73. The Hall–Kier alpha value is -0.720. The van der Waals surface area contributed by atoms with Gasteiger partial charge >= 0.3 is 5.97 Å². The number of thiophene rings is 1. The second kappa shape index (κ2) is 5.07. The molecule has 0 aliphatic carbocycles. The molecule has 1 aliphatic heterocycles. The van der Waals surface area contributed by atoms with E-state index in [1.807, 2.05) is 16.8 Å². The topological polar surface area (TPSA) is 55.4 Å². The molecular formula is C10H13NO3S2. The van der Waals surface area contributed by atoms with Crippen molar-refractivity contribution >= 4 is 28.1 Å². The van der Waals surface area contributed by atoms with Crippen molar-refractivity contribution in [3.63, 3.8) is 0 Å². The molecule has 1 N–H and O–H groups in total. The molecule has 0 aromatic carbocycles. The van der Waals surface area contributed by atoms with Crippen LogP contribution in [0.25, 0.3) is 0 Å². The Balaban J connectivity index is 2.11. The van der Waals surface area contributed by atoms with E-state index in [2.05, 4.69) is 10.1 Å². The molecule has 6 heteroatoms. The first kappa shape index (κ1) is 11.8. The minimum absolute atomic E-state index is 0.00932. The number of rotatable bonds is 2. The average Bonchev–Trinajstić information content (AvgIpc) is 2.80. The third kappa shape index (κ3) is 2.50. The van der Waals surface area contributed by atoms with E-state index in [0.29, 0.717) is 11.5 Å². The summed E-state index contributed by atoms with van der Waals surface area (Å²) in [5, 5.41) is 7.16. The molecule has 2 rings (SSSR count). The third-order valence-corrected chi connectivity index (χ3v) is 4.65. The maximum atomic E-state index is 11.7. The molecular weight excluding hydrogens is 246 g/mol. The van der Waals surface area contributed by atoms with Crippen molar-refractivity contribution in [2.45, 2.75) is 12.1 Å². The van der Waals surface area contributed by atoms with Gasteiger partial charge in [-0.25, -0.2) is 0 Å². The van der Waals surface area contributed by atoms with Gasteiger partial charge in [-0.05, 0) is 22.4 Å². The van der Waals surface area contributed by atoms with Crippen LogP contribution < -0.4 is 5.32 Å². The molecule has 4 nitrogen and oxygen atoms in total. The van der Waals surface area contributed by atoms with Crippen molar-refractivity contribution in [3.05, 3.63) is 22.4 Å². The average molecular weight is 259 g/mol. The highest BCUT2D eigenvalue weighted by Gasteiger charge is 2.31. The number of carbonyl (C=O) groups excluding carboxylic acids is 1. The number of methoxy groups -OCH3 is 1. The van der Waals surface area contributed by atoms with E-state index in [1.165, 1.54) is 7.11 Å². The SMILES string of the molecule is COC(=O)C1CS(=O)CC(c2ccsc2)N1. The molecule has 88 valence electrons. The highest BCUT2D eigenvalue weighted by Crippen LogP contribution is 2.21. The lowest BCUT2D eigenvalue weighted by molar-refractivity contribution is -0.142. The van der Waals surface area contributed by atoms with Crippen LogP contribution in [-0.2, 0) is 20.3 Å². The number of carbonyl (C=O) groups is 1. The van der Waals surface area contributed by atoms with E-state index in [-0.39, 0.29) is 12.0 Å². The van der Waals surface area contributed by atoms with E-state index in [1.54, 1.807) is 11.3 Å². The molecule has 3 unspecified atom stereocenters. The van der Waals surface area contributed by atoms with E-state index >= 15 is 0 Å². The van der Waals surface area contributed by atoms with Crippen LogP contribution in [0.15, 0.2) is 16.8 Å². The summed E-state index contributed by atoms with van der Waals surface area (Å²) >= 11 is 1.59. The van der Waals surface area contributed by atoms with Crippen molar-refractivity contribution in [3.8, 4) is 0 Å². The van der Waals surface area contributed by atoms with Crippen LogP contribution in [0.5, 0.6) is 0 Å². The van der Waals surface area contributed by atoms with Crippen molar-refractivity contribution in [2.24, 2.45) is 0 Å². The smallest absolute Gasteiger partial charge is 0.323 e. The number of esters is 1. The van der Waals surface area contributed by atoms with Gasteiger partial charge in [-0.2, -0.15) is 11.3 Å². The third-order valence-electron chi connectivity index (χ3n) is 2.54. The molecule has 1 saturated heterocycles. The van der Waals surface area contributed by atoms with Gasteiger partial charge in [0.05, 0.1) is 7.11 Å². The summed E-state index contributed by atoms with van der Waals surface area (Å²) in [6.07, 6.45) is 0. The molecule has 1 aromatic rings. The Labute approximate surface area is 100 Å². The number of hydrogen-bond donors (Lipinski definition) is 1. The largest absolute Gasteiger partial charge is 0.468 e.